The van der Waals surface area contributed by atoms with E-state index >= 15 is 0 Å². The minimum atomic E-state index is -2.89. The second kappa shape index (κ2) is 13.1. The number of halogens is 3. The van der Waals surface area contributed by atoms with Gasteiger partial charge in [-0.3, -0.25) is 4.90 Å². The fourth-order valence-electron chi connectivity index (χ4n) is 4.03. The first-order chi connectivity index (χ1) is 17.0. The number of alkyl halides is 2. The molecule has 0 aromatic heterocycles. The fraction of sp³-hybridized carbons (Fsp3) is 0.462. The number of aliphatic imine (C=N–C) groups is 2. The van der Waals surface area contributed by atoms with Gasteiger partial charge in [0.2, 0.25) is 5.79 Å². The van der Waals surface area contributed by atoms with E-state index < -0.39 is 23.6 Å². The van der Waals surface area contributed by atoms with Crippen molar-refractivity contribution >= 4 is 12.4 Å². The van der Waals surface area contributed by atoms with Crippen LogP contribution >= 0.6 is 0 Å². The number of nitrogens with one attached hydrogen (secondary N) is 3. The van der Waals surface area contributed by atoms with Gasteiger partial charge in [0.1, 0.15) is 5.82 Å². The Kier molecular flexibility index (Phi) is 9.96. The number of nitrogens with zero attached hydrogens (tertiary/aromatic N) is 3. The Morgan fingerprint density at radius 2 is 2.11 bits per heavy atom. The van der Waals surface area contributed by atoms with Crippen LogP contribution in [-0.2, 0) is 0 Å². The Hall–Kier alpha value is -3.07. The third-order valence-electron chi connectivity index (χ3n) is 5.92. The average Bonchev–Trinajstić information content (AvgIpc) is 3.25. The zero-order chi connectivity index (χ0) is 25.1. The van der Waals surface area contributed by atoms with Crippen molar-refractivity contribution in [1.29, 1.82) is 0 Å². The van der Waals surface area contributed by atoms with E-state index in [0.29, 0.717) is 6.54 Å². The molecule has 0 spiro atoms. The number of benzene rings is 1. The Bertz CT molecular complexity index is 972. The molecule has 1 aromatic carbocycles. The van der Waals surface area contributed by atoms with E-state index in [0.717, 1.165) is 69.2 Å². The van der Waals surface area contributed by atoms with Crippen molar-refractivity contribution in [2.75, 3.05) is 32.7 Å². The van der Waals surface area contributed by atoms with Gasteiger partial charge in [-0.1, -0.05) is 44.2 Å². The van der Waals surface area contributed by atoms with Crippen molar-refractivity contribution in [3.63, 3.8) is 0 Å². The Labute approximate surface area is 205 Å². The molecule has 9 heteroatoms. The van der Waals surface area contributed by atoms with Gasteiger partial charge in [-0.2, -0.15) is 0 Å². The van der Waals surface area contributed by atoms with Gasteiger partial charge in [0.05, 0.1) is 12.1 Å². The van der Waals surface area contributed by atoms with E-state index in [2.05, 4.69) is 37.4 Å². The third-order valence-corrected chi connectivity index (χ3v) is 5.92. The maximum Gasteiger partial charge on any atom is 0.266 e. The number of rotatable bonds is 14. The monoisotopic (exact) mass is 488 g/mol. The lowest BCUT2D eigenvalue weighted by Gasteiger charge is -2.31. The molecule has 2 heterocycles. The summed E-state index contributed by atoms with van der Waals surface area (Å²) in [6.45, 7) is 9.49. The minimum absolute atomic E-state index is 0.00189. The zero-order valence-corrected chi connectivity index (χ0v) is 20.2. The first-order valence-corrected chi connectivity index (χ1v) is 12.1. The van der Waals surface area contributed by atoms with Crippen LogP contribution in [-0.4, -0.2) is 55.8 Å². The summed E-state index contributed by atoms with van der Waals surface area (Å²) in [7, 11) is 0. The maximum absolute atomic E-state index is 14.6. The summed E-state index contributed by atoms with van der Waals surface area (Å²) < 4.78 is 40.8. The molecule has 2 aliphatic heterocycles. The van der Waals surface area contributed by atoms with Crippen LogP contribution in [0.25, 0.3) is 0 Å². The van der Waals surface area contributed by atoms with Gasteiger partial charge in [0.25, 0.3) is 6.43 Å². The van der Waals surface area contributed by atoms with Crippen molar-refractivity contribution in [1.82, 2.24) is 20.9 Å². The molecule has 1 unspecified atom stereocenters. The fourth-order valence-corrected chi connectivity index (χ4v) is 4.03. The van der Waals surface area contributed by atoms with Gasteiger partial charge in [-0.05, 0) is 38.2 Å². The summed E-state index contributed by atoms with van der Waals surface area (Å²) in [5.74, 6) is -2.06. The Morgan fingerprint density at radius 3 is 2.89 bits per heavy atom. The molecule has 0 saturated carbocycles. The number of allylic oxidation sites excluding steroid dienone is 1. The van der Waals surface area contributed by atoms with Crippen LogP contribution in [0.3, 0.4) is 0 Å². The molecular weight excluding hydrogens is 453 g/mol. The summed E-state index contributed by atoms with van der Waals surface area (Å²) in [4.78, 5) is 11.6. The molecule has 0 amide bonds. The molecule has 190 valence electrons. The van der Waals surface area contributed by atoms with E-state index in [1.807, 2.05) is 25.4 Å². The smallest absolute Gasteiger partial charge is 0.266 e. The highest BCUT2D eigenvalue weighted by Gasteiger charge is 2.35. The molecule has 2 aliphatic rings. The SMILES string of the molecule is C=CNCCCCCN1CC2=C(C1)NC(CN/C=C\CC)(/N=C/c1cccc(C(F)F)c1F)N=C2. The van der Waals surface area contributed by atoms with Crippen molar-refractivity contribution in [3.05, 3.63) is 71.5 Å². The topological polar surface area (TPSA) is 64.0 Å². The van der Waals surface area contributed by atoms with E-state index in [4.69, 9.17) is 0 Å². The predicted octanol–water partition coefficient (Wildman–Crippen LogP) is 4.50. The van der Waals surface area contributed by atoms with Crippen LogP contribution in [0.2, 0.25) is 0 Å². The number of hydrogen-bond acceptors (Lipinski definition) is 6. The predicted molar refractivity (Wildman–Crippen MR) is 136 cm³/mol. The first-order valence-electron chi connectivity index (χ1n) is 12.1. The Morgan fingerprint density at radius 1 is 1.26 bits per heavy atom. The molecule has 3 N–H and O–H groups in total. The molecule has 0 aliphatic carbocycles. The molecule has 1 aromatic rings. The second-order valence-electron chi connectivity index (χ2n) is 8.63. The van der Waals surface area contributed by atoms with Crippen molar-refractivity contribution in [3.8, 4) is 0 Å². The summed E-state index contributed by atoms with van der Waals surface area (Å²) in [6.07, 6.45) is 9.96. The number of unbranched alkanes of at least 4 members (excludes halogenated alkanes) is 2. The van der Waals surface area contributed by atoms with Crippen LogP contribution in [0.15, 0.2) is 64.5 Å². The molecule has 35 heavy (non-hydrogen) atoms. The highest BCUT2D eigenvalue weighted by Crippen LogP contribution is 2.26. The van der Waals surface area contributed by atoms with E-state index in [-0.39, 0.29) is 5.56 Å². The normalized spacial score (nSPS) is 20.1. The lowest BCUT2D eigenvalue weighted by atomic mass is 10.1. The highest BCUT2D eigenvalue weighted by atomic mass is 19.3. The molecular formula is C26H35F3N6. The molecule has 1 atom stereocenters. The molecule has 0 fully saturated rings. The summed E-state index contributed by atoms with van der Waals surface area (Å²) in [5, 5.41) is 9.75. The van der Waals surface area contributed by atoms with Crippen LogP contribution in [0.1, 0.15) is 50.2 Å². The van der Waals surface area contributed by atoms with Gasteiger partial charge < -0.3 is 16.0 Å². The summed E-state index contributed by atoms with van der Waals surface area (Å²) in [5.41, 5.74) is 1.51. The van der Waals surface area contributed by atoms with Gasteiger partial charge in [0.15, 0.2) is 0 Å². The summed E-state index contributed by atoms with van der Waals surface area (Å²) >= 11 is 0. The van der Waals surface area contributed by atoms with E-state index in [1.54, 1.807) is 6.20 Å². The molecule has 3 rings (SSSR count). The van der Waals surface area contributed by atoms with Gasteiger partial charge in [-0.15, -0.1) is 0 Å². The van der Waals surface area contributed by atoms with Crippen molar-refractivity contribution in [2.45, 2.75) is 44.8 Å². The Balaban J connectivity index is 1.68. The quantitative estimate of drug-likeness (QED) is 0.267. The molecule has 0 saturated heterocycles. The van der Waals surface area contributed by atoms with Crippen LogP contribution in [0.5, 0.6) is 0 Å². The highest BCUT2D eigenvalue weighted by molar-refractivity contribution is 5.84. The first kappa shape index (κ1) is 26.5. The van der Waals surface area contributed by atoms with Gasteiger partial charge in [0, 0.05) is 48.9 Å². The lowest BCUT2D eigenvalue weighted by Crippen LogP contribution is -2.50. The largest absolute Gasteiger partial charge is 0.391 e. The maximum atomic E-state index is 14.6. The van der Waals surface area contributed by atoms with Crippen molar-refractivity contribution < 1.29 is 13.2 Å². The third kappa shape index (κ3) is 7.45. The van der Waals surface area contributed by atoms with Gasteiger partial charge in [-0.25, -0.2) is 23.2 Å². The number of hydrogen-bond donors (Lipinski definition) is 3. The van der Waals surface area contributed by atoms with Gasteiger partial charge >= 0.3 is 0 Å². The summed E-state index contributed by atoms with van der Waals surface area (Å²) in [6, 6.07) is 3.92. The zero-order valence-electron chi connectivity index (χ0n) is 20.2. The van der Waals surface area contributed by atoms with E-state index in [9.17, 15) is 13.2 Å². The van der Waals surface area contributed by atoms with Crippen LogP contribution in [0, 0.1) is 5.82 Å². The standard InChI is InChI=1S/C26H35F3N6/c1-3-5-12-31-19-26(32-15-20-10-9-11-22(24(20)27)25(28)29)33-16-21-17-35(18-23(21)34-26)14-8-6-7-13-30-4-2/h4-5,9-12,15-16,25,30-31,34H,2-3,6-8,13-14,17-19H2,1H3/b12-5-,32-15+. The molecule has 6 nitrogen and oxygen atoms in total. The molecule has 0 bridgehead atoms. The lowest BCUT2D eigenvalue weighted by molar-refractivity contribution is 0.146. The minimum Gasteiger partial charge on any atom is -0.391 e. The second-order valence-corrected chi connectivity index (χ2v) is 8.63. The van der Waals surface area contributed by atoms with Crippen LogP contribution < -0.4 is 16.0 Å². The van der Waals surface area contributed by atoms with Crippen LogP contribution in [0.4, 0.5) is 13.2 Å². The molecule has 0 radical (unpaired) electrons. The van der Waals surface area contributed by atoms with Crippen molar-refractivity contribution in [2.24, 2.45) is 9.98 Å². The average molecular weight is 489 g/mol. The van der Waals surface area contributed by atoms with E-state index in [1.165, 1.54) is 18.3 Å².